The molecule has 0 saturated carbocycles. The zero-order valence-corrected chi connectivity index (χ0v) is 11.5. The van der Waals surface area contributed by atoms with E-state index < -0.39 is 0 Å². The lowest BCUT2D eigenvalue weighted by molar-refractivity contribution is 0.0500. The fourth-order valence-corrected chi connectivity index (χ4v) is 2.23. The van der Waals surface area contributed by atoms with Crippen LogP contribution in [0, 0.1) is 0 Å². The molecule has 0 aliphatic carbocycles. The van der Waals surface area contributed by atoms with Crippen LogP contribution in [0.25, 0.3) is 0 Å². The molecule has 0 bridgehead atoms. The van der Waals surface area contributed by atoms with Gasteiger partial charge in [0.1, 0.15) is 0 Å². The number of likely N-dealkylation sites (N-methyl/N-ethyl adjacent to an activating group) is 1. The van der Waals surface area contributed by atoms with Crippen LogP contribution in [-0.4, -0.2) is 35.4 Å². The summed E-state index contributed by atoms with van der Waals surface area (Å²) in [6.45, 7) is 4.23. The smallest absolute Gasteiger partial charge is 0.226 e. The molecule has 2 rings (SSSR count). The van der Waals surface area contributed by atoms with Gasteiger partial charge in [-0.05, 0) is 40.2 Å². The Labute approximate surface area is 108 Å². The molecule has 0 spiro atoms. The minimum absolute atomic E-state index is 0.367. The van der Waals surface area contributed by atoms with Crippen molar-refractivity contribution in [3.63, 3.8) is 0 Å². The van der Waals surface area contributed by atoms with E-state index in [0.717, 1.165) is 37.4 Å². The number of hydrogen-bond donors (Lipinski definition) is 1. The van der Waals surface area contributed by atoms with Crippen LogP contribution >= 0.6 is 0 Å². The quantitative estimate of drug-likeness (QED) is 0.836. The highest BCUT2D eigenvalue weighted by Gasteiger charge is 2.22. The second-order valence-electron chi connectivity index (χ2n) is 5.18. The van der Waals surface area contributed by atoms with E-state index in [0.29, 0.717) is 18.2 Å². The lowest BCUT2D eigenvalue weighted by Gasteiger charge is -2.08. The molecule has 3 unspecified atom stereocenters. The molecule has 102 valence electrons. The second-order valence-corrected chi connectivity index (χ2v) is 5.18. The highest BCUT2D eigenvalue weighted by Crippen LogP contribution is 2.22. The van der Waals surface area contributed by atoms with Gasteiger partial charge in [0.25, 0.3) is 0 Å². The van der Waals surface area contributed by atoms with Crippen molar-refractivity contribution in [2.75, 3.05) is 7.05 Å². The summed E-state index contributed by atoms with van der Waals surface area (Å²) in [6, 6.07) is 0.370. The van der Waals surface area contributed by atoms with Gasteiger partial charge in [-0.1, -0.05) is 5.16 Å². The van der Waals surface area contributed by atoms with Crippen LogP contribution in [0.5, 0.6) is 0 Å². The molecular formula is C13H23N3O2. The van der Waals surface area contributed by atoms with Crippen molar-refractivity contribution in [2.24, 2.45) is 0 Å². The minimum atomic E-state index is 0.367. The molecule has 1 aliphatic rings. The molecular weight excluding hydrogens is 230 g/mol. The number of rotatable bonds is 6. The molecule has 3 atom stereocenters. The first-order valence-corrected chi connectivity index (χ1v) is 6.81. The van der Waals surface area contributed by atoms with E-state index in [-0.39, 0.29) is 0 Å². The molecule has 1 aromatic rings. The number of ether oxygens (including phenoxy) is 1. The molecule has 0 aromatic carbocycles. The Morgan fingerprint density at radius 3 is 2.94 bits per heavy atom. The SMILES string of the molecule is CNC(C)Cc1noc(CCC2CCC(C)O2)n1. The van der Waals surface area contributed by atoms with Crippen molar-refractivity contribution in [3.05, 3.63) is 11.7 Å². The molecule has 1 aliphatic heterocycles. The van der Waals surface area contributed by atoms with Crippen molar-refractivity contribution < 1.29 is 9.26 Å². The molecule has 0 radical (unpaired) electrons. The topological polar surface area (TPSA) is 60.2 Å². The summed E-state index contributed by atoms with van der Waals surface area (Å²) < 4.78 is 11.0. The van der Waals surface area contributed by atoms with Gasteiger partial charge in [-0.2, -0.15) is 4.98 Å². The van der Waals surface area contributed by atoms with Crippen molar-refractivity contribution in [1.82, 2.24) is 15.5 Å². The predicted molar refractivity (Wildman–Crippen MR) is 68.4 cm³/mol. The van der Waals surface area contributed by atoms with Crippen LogP contribution < -0.4 is 5.32 Å². The summed E-state index contributed by atoms with van der Waals surface area (Å²) in [7, 11) is 1.93. The molecule has 1 saturated heterocycles. The van der Waals surface area contributed by atoms with Gasteiger partial charge in [0.2, 0.25) is 5.89 Å². The van der Waals surface area contributed by atoms with Gasteiger partial charge < -0.3 is 14.6 Å². The van der Waals surface area contributed by atoms with E-state index in [1.54, 1.807) is 0 Å². The highest BCUT2D eigenvalue weighted by molar-refractivity contribution is 4.90. The fraction of sp³-hybridized carbons (Fsp3) is 0.846. The summed E-state index contributed by atoms with van der Waals surface area (Å²) in [4.78, 5) is 4.40. The fourth-order valence-electron chi connectivity index (χ4n) is 2.23. The maximum atomic E-state index is 5.77. The van der Waals surface area contributed by atoms with Crippen LogP contribution in [0.15, 0.2) is 4.52 Å². The Balaban J connectivity index is 1.76. The minimum Gasteiger partial charge on any atom is -0.375 e. The number of nitrogens with one attached hydrogen (secondary N) is 1. The normalized spacial score (nSPS) is 25.5. The molecule has 5 heteroatoms. The molecule has 1 fully saturated rings. The lowest BCUT2D eigenvalue weighted by atomic mass is 10.1. The zero-order chi connectivity index (χ0) is 13.0. The van der Waals surface area contributed by atoms with E-state index in [9.17, 15) is 0 Å². The first-order chi connectivity index (χ1) is 8.67. The largest absolute Gasteiger partial charge is 0.375 e. The third-order valence-corrected chi connectivity index (χ3v) is 3.49. The van der Waals surface area contributed by atoms with Crippen LogP contribution in [-0.2, 0) is 17.6 Å². The van der Waals surface area contributed by atoms with Crippen molar-refractivity contribution >= 4 is 0 Å². The van der Waals surface area contributed by atoms with Crippen LogP contribution in [0.1, 0.15) is 44.8 Å². The van der Waals surface area contributed by atoms with Crippen molar-refractivity contribution in [1.29, 1.82) is 0 Å². The van der Waals surface area contributed by atoms with Gasteiger partial charge in [0, 0.05) is 18.9 Å². The molecule has 18 heavy (non-hydrogen) atoms. The Morgan fingerprint density at radius 1 is 1.44 bits per heavy atom. The van der Waals surface area contributed by atoms with Gasteiger partial charge in [0.05, 0.1) is 12.2 Å². The van der Waals surface area contributed by atoms with Crippen LogP contribution in [0.4, 0.5) is 0 Å². The molecule has 2 heterocycles. The van der Waals surface area contributed by atoms with Gasteiger partial charge in [-0.15, -0.1) is 0 Å². The lowest BCUT2D eigenvalue weighted by Crippen LogP contribution is -2.24. The summed E-state index contributed by atoms with van der Waals surface area (Å²) >= 11 is 0. The first-order valence-electron chi connectivity index (χ1n) is 6.81. The third kappa shape index (κ3) is 3.78. The van der Waals surface area contributed by atoms with E-state index in [2.05, 4.69) is 29.3 Å². The predicted octanol–water partition coefficient (Wildman–Crippen LogP) is 1.72. The van der Waals surface area contributed by atoms with Gasteiger partial charge >= 0.3 is 0 Å². The Kier molecular flexibility index (Phi) is 4.72. The highest BCUT2D eigenvalue weighted by atomic mass is 16.5. The molecule has 0 amide bonds. The summed E-state index contributed by atoms with van der Waals surface area (Å²) in [6.07, 6.45) is 5.69. The molecule has 1 aromatic heterocycles. The van der Waals surface area contributed by atoms with E-state index in [1.807, 2.05) is 7.05 Å². The molecule has 1 N–H and O–H groups in total. The zero-order valence-electron chi connectivity index (χ0n) is 11.5. The van der Waals surface area contributed by atoms with E-state index in [1.165, 1.54) is 6.42 Å². The average Bonchev–Trinajstić information content (AvgIpc) is 2.96. The Hall–Kier alpha value is -0.940. The Bertz CT molecular complexity index is 367. The molecule has 5 nitrogen and oxygen atoms in total. The van der Waals surface area contributed by atoms with E-state index in [4.69, 9.17) is 9.26 Å². The number of aryl methyl sites for hydroxylation is 1. The maximum Gasteiger partial charge on any atom is 0.226 e. The maximum absolute atomic E-state index is 5.77. The van der Waals surface area contributed by atoms with E-state index >= 15 is 0 Å². The summed E-state index contributed by atoms with van der Waals surface area (Å²) in [5, 5.41) is 7.16. The number of hydrogen-bond acceptors (Lipinski definition) is 5. The summed E-state index contributed by atoms with van der Waals surface area (Å²) in [5.41, 5.74) is 0. The second kappa shape index (κ2) is 6.29. The van der Waals surface area contributed by atoms with Crippen molar-refractivity contribution in [3.8, 4) is 0 Å². The average molecular weight is 253 g/mol. The van der Waals surface area contributed by atoms with Gasteiger partial charge in [-0.3, -0.25) is 0 Å². The third-order valence-electron chi connectivity index (χ3n) is 3.49. The van der Waals surface area contributed by atoms with Crippen LogP contribution in [0.3, 0.4) is 0 Å². The van der Waals surface area contributed by atoms with Gasteiger partial charge in [-0.25, -0.2) is 0 Å². The first kappa shape index (κ1) is 13.5. The number of nitrogens with zero attached hydrogens (tertiary/aromatic N) is 2. The van der Waals surface area contributed by atoms with Gasteiger partial charge in [0.15, 0.2) is 5.82 Å². The standard InChI is InChI=1S/C13H23N3O2/c1-9(14-3)8-12-15-13(18-16-12)7-6-11-5-4-10(2)17-11/h9-11,14H,4-8H2,1-3H3. The monoisotopic (exact) mass is 253 g/mol. The summed E-state index contributed by atoms with van der Waals surface area (Å²) in [5.74, 6) is 1.52. The number of aromatic nitrogens is 2. The Morgan fingerprint density at radius 2 is 2.28 bits per heavy atom. The van der Waals surface area contributed by atoms with Crippen molar-refractivity contribution in [2.45, 2.75) is 64.2 Å². The van der Waals surface area contributed by atoms with Crippen LogP contribution in [0.2, 0.25) is 0 Å².